The SMILES string of the molecule is CCOC(=O)C(=O)C(=O)OC(C)(C)C. The second-order valence-electron chi connectivity index (χ2n) is 3.55. The fraction of sp³-hybridized carbons (Fsp3) is 0.667. The Kier molecular flexibility index (Phi) is 4.27. The third-order valence-electron chi connectivity index (χ3n) is 1.05. The average molecular weight is 202 g/mol. The molecule has 80 valence electrons. The molecule has 5 heteroatoms. The molecule has 5 nitrogen and oxygen atoms in total. The molecular weight excluding hydrogens is 188 g/mol. The van der Waals surface area contributed by atoms with Crippen LogP contribution in [0, 0.1) is 0 Å². The van der Waals surface area contributed by atoms with Gasteiger partial charge in [-0.15, -0.1) is 0 Å². The van der Waals surface area contributed by atoms with Crippen LogP contribution in [0.1, 0.15) is 27.7 Å². The molecule has 0 amide bonds. The van der Waals surface area contributed by atoms with Crippen LogP contribution in [0.3, 0.4) is 0 Å². The van der Waals surface area contributed by atoms with Crippen molar-refractivity contribution >= 4 is 17.7 Å². The van der Waals surface area contributed by atoms with E-state index < -0.39 is 23.3 Å². The molecule has 0 heterocycles. The lowest BCUT2D eigenvalue weighted by Gasteiger charge is -2.18. The molecule has 14 heavy (non-hydrogen) atoms. The Morgan fingerprint density at radius 3 is 1.93 bits per heavy atom. The van der Waals surface area contributed by atoms with Crippen molar-refractivity contribution in [3.63, 3.8) is 0 Å². The topological polar surface area (TPSA) is 69.7 Å². The van der Waals surface area contributed by atoms with E-state index in [1.54, 1.807) is 27.7 Å². The van der Waals surface area contributed by atoms with Crippen LogP contribution in [-0.2, 0) is 23.9 Å². The first-order valence-corrected chi connectivity index (χ1v) is 4.22. The Morgan fingerprint density at radius 2 is 1.57 bits per heavy atom. The van der Waals surface area contributed by atoms with E-state index in [1.165, 1.54) is 0 Å². The second-order valence-corrected chi connectivity index (χ2v) is 3.55. The first-order chi connectivity index (χ1) is 6.28. The highest BCUT2D eigenvalue weighted by Gasteiger charge is 2.29. The Bertz CT molecular complexity index is 248. The lowest BCUT2D eigenvalue weighted by molar-refractivity contribution is -0.169. The summed E-state index contributed by atoms with van der Waals surface area (Å²) in [5.41, 5.74) is -0.792. The monoisotopic (exact) mass is 202 g/mol. The zero-order valence-corrected chi connectivity index (χ0v) is 8.75. The smallest absolute Gasteiger partial charge is 0.387 e. The van der Waals surface area contributed by atoms with Gasteiger partial charge in [0.2, 0.25) is 0 Å². The highest BCUT2D eigenvalue weighted by molar-refractivity contribution is 6.60. The van der Waals surface area contributed by atoms with Crippen molar-refractivity contribution in [2.75, 3.05) is 6.61 Å². The van der Waals surface area contributed by atoms with Crippen molar-refractivity contribution in [2.45, 2.75) is 33.3 Å². The molecule has 0 aliphatic heterocycles. The number of ketones is 1. The van der Waals surface area contributed by atoms with Crippen LogP contribution >= 0.6 is 0 Å². The predicted molar refractivity (Wildman–Crippen MR) is 47.5 cm³/mol. The number of hydrogen-bond donors (Lipinski definition) is 0. The third-order valence-corrected chi connectivity index (χ3v) is 1.05. The highest BCUT2D eigenvalue weighted by atomic mass is 16.6. The summed E-state index contributed by atoms with van der Waals surface area (Å²) in [5, 5.41) is 0. The molecule has 0 atom stereocenters. The second kappa shape index (κ2) is 4.74. The average Bonchev–Trinajstić information content (AvgIpc) is 2.00. The number of rotatable bonds is 3. The molecular formula is C9H14O5. The number of hydrogen-bond acceptors (Lipinski definition) is 5. The van der Waals surface area contributed by atoms with Gasteiger partial charge in [0.05, 0.1) is 6.61 Å². The minimum absolute atomic E-state index is 0.0490. The Balaban J connectivity index is 4.27. The van der Waals surface area contributed by atoms with Gasteiger partial charge in [-0.25, -0.2) is 9.59 Å². The maximum absolute atomic E-state index is 11.0. The van der Waals surface area contributed by atoms with Gasteiger partial charge in [0, 0.05) is 0 Å². The van der Waals surface area contributed by atoms with Crippen LogP contribution in [0.4, 0.5) is 0 Å². The summed E-state index contributed by atoms with van der Waals surface area (Å²) >= 11 is 0. The van der Waals surface area contributed by atoms with Crippen LogP contribution in [-0.4, -0.2) is 29.9 Å². The minimum atomic E-state index is -1.28. The zero-order chi connectivity index (χ0) is 11.4. The summed E-state index contributed by atoms with van der Waals surface area (Å²) < 4.78 is 9.03. The van der Waals surface area contributed by atoms with Crippen molar-refractivity contribution in [3.8, 4) is 0 Å². The van der Waals surface area contributed by atoms with Gasteiger partial charge in [-0.1, -0.05) is 0 Å². The number of ether oxygens (including phenoxy) is 2. The fourth-order valence-corrected chi connectivity index (χ4v) is 0.604. The molecule has 0 bridgehead atoms. The predicted octanol–water partition coefficient (Wildman–Crippen LogP) is 0.460. The van der Waals surface area contributed by atoms with E-state index in [-0.39, 0.29) is 6.61 Å². The van der Waals surface area contributed by atoms with Crippen LogP contribution in [0.25, 0.3) is 0 Å². The van der Waals surface area contributed by atoms with E-state index in [1.807, 2.05) is 0 Å². The summed E-state index contributed by atoms with van der Waals surface area (Å²) in [6, 6.07) is 0. The van der Waals surface area contributed by atoms with Crippen molar-refractivity contribution in [1.29, 1.82) is 0 Å². The first kappa shape index (κ1) is 12.6. The lowest BCUT2D eigenvalue weighted by atomic mass is 10.2. The summed E-state index contributed by atoms with van der Waals surface area (Å²) in [7, 11) is 0. The Labute approximate surface area is 82.4 Å². The fourth-order valence-electron chi connectivity index (χ4n) is 0.604. The summed E-state index contributed by atoms with van der Waals surface area (Å²) in [4.78, 5) is 32.8. The van der Waals surface area contributed by atoms with E-state index in [0.29, 0.717) is 0 Å². The number of Topliss-reactive ketones (excluding diaryl/α,β-unsaturated/α-hetero) is 1. The van der Waals surface area contributed by atoms with Crippen LogP contribution < -0.4 is 0 Å². The molecule has 0 fully saturated rings. The van der Waals surface area contributed by atoms with Crippen LogP contribution in [0.15, 0.2) is 0 Å². The van der Waals surface area contributed by atoms with Gasteiger partial charge < -0.3 is 9.47 Å². The van der Waals surface area contributed by atoms with Crippen molar-refractivity contribution in [3.05, 3.63) is 0 Å². The standard InChI is InChI=1S/C9H14O5/c1-5-13-7(11)6(10)8(12)14-9(2,3)4/h5H2,1-4H3. The van der Waals surface area contributed by atoms with Crippen molar-refractivity contribution < 1.29 is 23.9 Å². The molecule has 0 saturated carbocycles. The highest BCUT2D eigenvalue weighted by Crippen LogP contribution is 2.07. The molecule has 0 spiro atoms. The normalized spacial score (nSPS) is 10.6. The molecule has 0 aromatic heterocycles. The van der Waals surface area contributed by atoms with E-state index in [0.717, 1.165) is 0 Å². The molecule has 0 radical (unpaired) electrons. The first-order valence-electron chi connectivity index (χ1n) is 4.22. The number of esters is 2. The minimum Gasteiger partial charge on any atom is -0.460 e. The lowest BCUT2D eigenvalue weighted by Crippen LogP contribution is -2.33. The molecule has 0 unspecified atom stereocenters. The summed E-state index contributed by atoms with van der Waals surface area (Å²) in [6.07, 6.45) is 0. The van der Waals surface area contributed by atoms with Crippen molar-refractivity contribution in [1.82, 2.24) is 0 Å². The van der Waals surface area contributed by atoms with Gasteiger partial charge in [0.15, 0.2) is 0 Å². The van der Waals surface area contributed by atoms with Gasteiger partial charge in [-0.2, -0.15) is 0 Å². The molecule has 0 aromatic carbocycles. The van der Waals surface area contributed by atoms with E-state index >= 15 is 0 Å². The Hall–Kier alpha value is -1.39. The van der Waals surface area contributed by atoms with Gasteiger partial charge in [0.25, 0.3) is 0 Å². The molecule has 0 aliphatic rings. The van der Waals surface area contributed by atoms with Crippen LogP contribution in [0.5, 0.6) is 0 Å². The largest absolute Gasteiger partial charge is 0.460 e. The summed E-state index contributed by atoms with van der Waals surface area (Å²) in [6.45, 7) is 6.39. The molecule has 0 rings (SSSR count). The van der Waals surface area contributed by atoms with E-state index in [4.69, 9.17) is 0 Å². The van der Waals surface area contributed by atoms with E-state index in [9.17, 15) is 14.4 Å². The van der Waals surface area contributed by atoms with Gasteiger partial charge in [-0.05, 0) is 27.7 Å². The van der Waals surface area contributed by atoms with Gasteiger partial charge in [-0.3, -0.25) is 4.79 Å². The summed E-state index contributed by atoms with van der Waals surface area (Å²) in [5.74, 6) is -3.64. The van der Waals surface area contributed by atoms with Gasteiger partial charge >= 0.3 is 17.7 Å². The zero-order valence-electron chi connectivity index (χ0n) is 8.75. The third kappa shape index (κ3) is 4.59. The van der Waals surface area contributed by atoms with Crippen molar-refractivity contribution in [2.24, 2.45) is 0 Å². The molecule has 0 aliphatic carbocycles. The van der Waals surface area contributed by atoms with Crippen LogP contribution in [0.2, 0.25) is 0 Å². The Morgan fingerprint density at radius 1 is 1.07 bits per heavy atom. The molecule has 0 N–H and O–H groups in total. The maximum Gasteiger partial charge on any atom is 0.387 e. The van der Waals surface area contributed by atoms with E-state index in [2.05, 4.69) is 9.47 Å². The van der Waals surface area contributed by atoms with Gasteiger partial charge in [0.1, 0.15) is 5.60 Å². The maximum atomic E-state index is 11.0. The quantitative estimate of drug-likeness (QED) is 0.378. The number of carbonyl (C=O) groups is 3. The number of carbonyl (C=O) groups excluding carboxylic acids is 3. The molecule has 0 saturated heterocycles. The molecule has 0 aromatic rings.